The van der Waals surface area contributed by atoms with Crippen LogP contribution in [0.5, 0.6) is 0 Å². The second-order valence-corrected chi connectivity index (χ2v) is 9.89. The minimum absolute atomic E-state index is 0.0520. The standard InChI is InChI=1S/C24H26FN3O4S/c25-21-8-10-23(11-9-21)33(30,31)28-14-12-27(13-15-28)24(29)19-26(18-22-7-4-16-32-22)17-20-5-2-1-3-6-20/h1-11,16H,12-15,17-19H2. The summed E-state index contributed by atoms with van der Waals surface area (Å²) >= 11 is 0. The molecule has 174 valence electrons. The van der Waals surface area contributed by atoms with Crippen molar-refractivity contribution in [2.45, 2.75) is 18.0 Å². The first-order chi connectivity index (χ1) is 15.9. The van der Waals surface area contributed by atoms with Gasteiger partial charge in [0, 0.05) is 32.7 Å². The van der Waals surface area contributed by atoms with Gasteiger partial charge in [-0.3, -0.25) is 9.69 Å². The fraction of sp³-hybridized carbons (Fsp3) is 0.292. The number of sulfonamides is 1. The Morgan fingerprint density at radius 2 is 1.61 bits per heavy atom. The average Bonchev–Trinajstić information content (AvgIpc) is 3.33. The Labute approximate surface area is 193 Å². The Morgan fingerprint density at radius 1 is 0.909 bits per heavy atom. The zero-order valence-corrected chi connectivity index (χ0v) is 19.0. The van der Waals surface area contributed by atoms with Gasteiger partial charge in [0.2, 0.25) is 15.9 Å². The fourth-order valence-electron chi connectivity index (χ4n) is 3.86. The van der Waals surface area contributed by atoms with Crippen molar-refractivity contribution in [2.24, 2.45) is 0 Å². The summed E-state index contributed by atoms with van der Waals surface area (Å²) in [6, 6.07) is 18.4. The first kappa shape index (κ1) is 23.2. The summed E-state index contributed by atoms with van der Waals surface area (Å²) in [5, 5.41) is 0. The van der Waals surface area contributed by atoms with Crippen molar-refractivity contribution in [1.29, 1.82) is 0 Å². The predicted molar refractivity (Wildman–Crippen MR) is 121 cm³/mol. The molecule has 0 unspecified atom stereocenters. The number of nitrogens with zero attached hydrogens (tertiary/aromatic N) is 3. The van der Waals surface area contributed by atoms with Crippen LogP contribution in [0.2, 0.25) is 0 Å². The lowest BCUT2D eigenvalue weighted by molar-refractivity contribution is -0.134. The topological polar surface area (TPSA) is 74.1 Å². The third kappa shape index (κ3) is 5.87. The van der Waals surface area contributed by atoms with Gasteiger partial charge in [-0.05, 0) is 42.0 Å². The number of hydrogen-bond acceptors (Lipinski definition) is 5. The highest BCUT2D eigenvalue weighted by molar-refractivity contribution is 7.89. The number of furan rings is 1. The summed E-state index contributed by atoms with van der Waals surface area (Å²) in [7, 11) is -3.72. The van der Waals surface area contributed by atoms with Crippen molar-refractivity contribution in [1.82, 2.24) is 14.1 Å². The van der Waals surface area contributed by atoms with Gasteiger partial charge in [0.1, 0.15) is 11.6 Å². The van der Waals surface area contributed by atoms with Crippen LogP contribution >= 0.6 is 0 Å². The van der Waals surface area contributed by atoms with Gasteiger partial charge in [0.25, 0.3) is 0 Å². The van der Waals surface area contributed by atoms with Gasteiger partial charge in [0.05, 0.1) is 24.2 Å². The normalized spacial score (nSPS) is 15.2. The molecule has 2 aromatic carbocycles. The summed E-state index contributed by atoms with van der Waals surface area (Å²) in [4.78, 5) is 16.8. The van der Waals surface area contributed by atoms with E-state index in [0.717, 1.165) is 23.5 Å². The minimum Gasteiger partial charge on any atom is -0.468 e. The molecule has 0 spiro atoms. The Morgan fingerprint density at radius 3 is 2.24 bits per heavy atom. The van der Waals surface area contributed by atoms with Crippen LogP contribution in [0.4, 0.5) is 4.39 Å². The van der Waals surface area contributed by atoms with E-state index in [0.29, 0.717) is 26.2 Å². The predicted octanol–water partition coefficient (Wildman–Crippen LogP) is 2.95. The lowest BCUT2D eigenvalue weighted by Crippen LogP contribution is -2.52. The Balaban J connectivity index is 1.37. The van der Waals surface area contributed by atoms with E-state index in [-0.39, 0.29) is 30.4 Å². The van der Waals surface area contributed by atoms with Crippen LogP contribution in [-0.4, -0.2) is 61.2 Å². The summed E-state index contributed by atoms with van der Waals surface area (Å²) in [5.41, 5.74) is 1.09. The number of amides is 1. The zero-order valence-electron chi connectivity index (χ0n) is 18.1. The monoisotopic (exact) mass is 471 g/mol. The summed E-state index contributed by atoms with van der Waals surface area (Å²) in [6.45, 7) is 2.28. The second kappa shape index (κ2) is 10.3. The van der Waals surface area contributed by atoms with E-state index in [2.05, 4.69) is 0 Å². The van der Waals surface area contributed by atoms with E-state index in [1.54, 1.807) is 11.2 Å². The number of rotatable bonds is 8. The van der Waals surface area contributed by atoms with Crippen LogP contribution in [0.1, 0.15) is 11.3 Å². The average molecular weight is 472 g/mol. The van der Waals surface area contributed by atoms with Gasteiger partial charge in [-0.2, -0.15) is 4.31 Å². The molecular formula is C24H26FN3O4S. The number of halogens is 1. The SMILES string of the molecule is O=C(CN(Cc1ccccc1)Cc1ccco1)N1CCN(S(=O)(=O)c2ccc(F)cc2)CC1. The van der Waals surface area contributed by atoms with Crippen LogP contribution < -0.4 is 0 Å². The molecule has 1 amide bonds. The van der Waals surface area contributed by atoms with Crippen LogP contribution in [-0.2, 0) is 27.9 Å². The number of hydrogen-bond donors (Lipinski definition) is 0. The fourth-order valence-corrected chi connectivity index (χ4v) is 5.28. The molecule has 1 aromatic heterocycles. The second-order valence-electron chi connectivity index (χ2n) is 7.95. The maximum atomic E-state index is 13.2. The highest BCUT2D eigenvalue weighted by atomic mass is 32.2. The Kier molecular flexibility index (Phi) is 7.22. The summed E-state index contributed by atoms with van der Waals surface area (Å²) < 4.78 is 45.6. The van der Waals surface area contributed by atoms with Crippen molar-refractivity contribution in [3.05, 3.63) is 90.1 Å². The molecule has 9 heteroatoms. The highest BCUT2D eigenvalue weighted by Crippen LogP contribution is 2.19. The third-order valence-corrected chi connectivity index (χ3v) is 7.52. The molecule has 33 heavy (non-hydrogen) atoms. The third-order valence-electron chi connectivity index (χ3n) is 5.61. The van der Waals surface area contributed by atoms with E-state index >= 15 is 0 Å². The molecule has 1 aliphatic rings. The van der Waals surface area contributed by atoms with E-state index < -0.39 is 15.8 Å². The summed E-state index contributed by atoms with van der Waals surface area (Å²) in [6.07, 6.45) is 1.61. The molecule has 0 aliphatic carbocycles. The van der Waals surface area contributed by atoms with Crippen molar-refractivity contribution in [3.8, 4) is 0 Å². The van der Waals surface area contributed by atoms with Gasteiger partial charge < -0.3 is 9.32 Å². The van der Waals surface area contributed by atoms with Crippen molar-refractivity contribution in [3.63, 3.8) is 0 Å². The van der Waals surface area contributed by atoms with Crippen molar-refractivity contribution in [2.75, 3.05) is 32.7 Å². The Hall–Kier alpha value is -3.01. The number of benzene rings is 2. The van der Waals surface area contributed by atoms with Crippen LogP contribution in [0.15, 0.2) is 82.3 Å². The molecule has 0 radical (unpaired) electrons. The molecule has 0 N–H and O–H groups in total. The maximum Gasteiger partial charge on any atom is 0.243 e. The first-order valence-corrected chi connectivity index (χ1v) is 12.2. The first-order valence-electron chi connectivity index (χ1n) is 10.7. The van der Waals surface area contributed by atoms with E-state index in [1.165, 1.54) is 16.4 Å². The van der Waals surface area contributed by atoms with E-state index in [1.807, 2.05) is 47.4 Å². The molecule has 2 heterocycles. The van der Waals surface area contributed by atoms with Crippen LogP contribution in [0.25, 0.3) is 0 Å². The molecule has 3 aromatic rings. The quantitative estimate of drug-likeness (QED) is 0.505. The lowest BCUT2D eigenvalue weighted by atomic mass is 10.2. The zero-order chi connectivity index (χ0) is 23.3. The van der Waals surface area contributed by atoms with E-state index in [9.17, 15) is 17.6 Å². The van der Waals surface area contributed by atoms with Gasteiger partial charge >= 0.3 is 0 Å². The molecule has 0 bridgehead atoms. The molecule has 1 aliphatic heterocycles. The van der Waals surface area contributed by atoms with Gasteiger partial charge in [0.15, 0.2) is 0 Å². The molecule has 7 nitrogen and oxygen atoms in total. The lowest BCUT2D eigenvalue weighted by Gasteiger charge is -2.35. The number of piperazine rings is 1. The molecule has 0 saturated carbocycles. The molecule has 1 saturated heterocycles. The largest absolute Gasteiger partial charge is 0.468 e. The number of carbonyl (C=O) groups is 1. The van der Waals surface area contributed by atoms with Gasteiger partial charge in [-0.25, -0.2) is 12.8 Å². The van der Waals surface area contributed by atoms with Gasteiger partial charge in [-0.15, -0.1) is 0 Å². The van der Waals surface area contributed by atoms with Crippen LogP contribution in [0, 0.1) is 5.82 Å². The Bertz CT molecular complexity index is 1140. The van der Waals surface area contributed by atoms with Crippen molar-refractivity contribution >= 4 is 15.9 Å². The smallest absolute Gasteiger partial charge is 0.243 e. The minimum atomic E-state index is -3.72. The molecule has 1 fully saturated rings. The van der Waals surface area contributed by atoms with Crippen molar-refractivity contribution < 1.29 is 22.0 Å². The molecule has 0 atom stereocenters. The van der Waals surface area contributed by atoms with E-state index in [4.69, 9.17) is 4.42 Å². The van der Waals surface area contributed by atoms with Gasteiger partial charge in [-0.1, -0.05) is 30.3 Å². The summed E-state index contributed by atoms with van der Waals surface area (Å²) in [5.74, 6) is 0.226. The molecular weight excluding hydrogens is 445 g/mol. The number of carbonyl (C=O) groups excluding carboxylic acids is 1. The molecule has 4 rings (SSSR count). The van der Waals surface area contributed by atoms with Crippen LogP contribution in [0.3, 0.4) is 0 Å². The highest BCUT2D eigenvalue weighted by Gasteiger charge is 2.30. The maximum absolute atomic E-state index is 13.2.